The van der Waals surface area contributed by atoms with Crippen molar-refractivity contribution in [3.05, 3.63) is 65.6 Å². The Bertz CT molecular complexity index is 1330. The van der Waals surface area contributed by atoms with Crippen molar-refractivity contribution < 1.29 is 28.6 Å². The number of carbonyl (C=O) groups excluding carboxylic acids is 3. The van der Waals surface area contributed by atoms with Gasteiger partial charge in [-0.2, -0.15) is 0 Å². The lowest BCUT2D eigenvalue weighted by Gasteiger charge is -2.33. The largest absolute Gasteiger partial charge is 0.450 e. The molecule has 2 aromatic heterocycles. The van der Waals surface area contributed by atoms with Gasteiger partial charge in [-0.25, -0.2) is 9.59 Å². The molecule has 0 saturated carbocycles. The Labute approximate surface area is 238 Å². The Morgan fingerprint density at radius 3 is 2.22 bits per heavy atom. The van der Waals surface area contributed by atoms with E-state index in [1.54, 1.807) is 53.2 Å². The molecule has 0 bridgehead atoms. The molecule has 220 valence electrons. The van der Waals surface area contributed by atoms with Gasteiger partial charge in [0.2, 0.25) is 5.91 Å². The van der Waals surface area contributed by atoms with E-state index in [1.807, 2.05) is 30.3 Å². The molecule has 1 aromatic carbocycles. The molecule has 0 spiro atoms. The van der Waals surface area contributed by atoms with Crippen LogP contribution in [0.4, 0.5) is 9.59 Å². The number of fused-ring (bicyclic) bond motifs is 1. The van der Waals surface area contributed by atoms with Gasteiger partial charge in [0.15, 0.2) is 11.5 Å². The minimum atomic E-state index is -1.13. The first-order chi connectivity index (χ1) is 19.7. The predicted molar refractivity (Wildman–Crippen MR) is 149 cm³/mol. The summed E-state index contributed by atoms with van der Waals surface area (Å²) in [5, 5.41) is 11.6. The van der Waals surface area contributed by atoms with Gasteiger partial charge >= 0.3 is 12.2 Å². The summed E-state index contributed by atoms with van der Waals surface area (Å²) in [7, 11) is 0. The van der Waals surface area contributed by atoms with Crippen molar-refractivity contribution in [1.82, 2.24) is 29.7 Å². The first-order valence-corrected chi connectivity index (χ1v) is 13.5. The molecule has 0 aliphatic carbocycles. The average Bonchev–Trinajstić information content (AvgIpc) is 3.40. The lowest BCUT2D eigenvalue weighted by Crippen LogP contribution is -2.51. The number of hydrogen-bond donors (Lipinski definition) is 2. The molecule has 1 fully saturated rings. The van der Waals surface area contributed by atoms with Crippen LogP contribution in [0, 0.1) is 0 Å². The highest BCUT2D eigenvalue weighted by atomic mass is 16.6. The SMILES string of the molecule is CCOC(=O)N1CCN(C(=O)OCc2cccc3nnc([C@@H](COCc4ccccc4)NC(=O)C(C)(C)N)n23)CC1. The van der Waals surface area contributed by atoms with Crippen LogP contribution in [0.25, 0.3) is 5.65 Å². The highest BCUT2D eigenvalue weighted by Crippen LogP contribution is 2.19. The van der Waals surface area contributed by atoms with E-state index >= 15 is 0 Å². The maximum atomic E-state index is 12.9. The van der Waals surface area contributed by atoms with E-state index in [0.29, 0.717) is 56.6 Å². The van der Waals surface area contributed by atoms with Gasteiger partial charge in [-0.1, -0.05) is 36.4 Å². The molecule has 0 unspecified atom stereocenters. The van der Waals surface area contributed by atoms with Crippen LogP contribution in [0.2, 0.25) is 0 Å². The van der Waals surface area contributed by atoms with Crippen LogP contribution in [0.1, 0.15) is 43.9 Å². The Morgan fingerprint density at radius 2 is 1.59 bits per heavy atom. The van der Waals surface area contributed by atoms with Crippen molar-refractivity contribution in [1.29, 1.82) is 0 Å². The second-order valence-corrected chi connectivity index (χ2v) is 10.2. The number of hydrogen-bond acceptors (Lipinski definition) is 9. The number of ether oxygens (including phenoxy) is 3. The van der Waals surface area contributed by atoms with Crippen molar-refractivity contribution in [3.63, 3.8) is 0 Å². The fourth-order valence-corrected chi connectivity index (χ4v) is 4.28. The number of rotatable bonds is 10. The van der Waals surface area contributed by atoms with E-state index in [0.717, 1.165) is 5.56 Å². The molecule has 13 nitrogen and oxygen atoms in total. The normalized spacial score (nSPS) is 14.5. The highest BCUT2D eigenvalue weighted by Gasteiger charge is 2.29. The van der Waals surface area contributed by atoms with Crippen LogP contribution in [0.15, 0.2) is 48.5 Å². The maximum Gasteiger partial charge on any atom is 0.410 e. The van der Waals surface area contributed by atoms with Gasteiger partial charge in [-0.05, 0) is 38.5 Å². The van der Waals surface area contributed by atoms with Crippen molar-refractivity contribution in [2.24, 2.45) is 5.73 Å². The first kappa shape index (κ1) is 29.7. The number of aromatic nitrogens is 3. The van der Waals surface area contributed by atoms with Gasteiger partial charge in [0.25, 0.3) is 0 Å². The maximum absolute atomic E-state index is 12.9. The standard InChI is InChI=1S/C28H37N7O6/c1-4-40-26(37)33-13-15-34(16-14-33)27(38)41-18-21-11-8-12-23-31-32-24(35(21)23)22(30-25(36)28(2,3)29)19-39-17-20-9-6-5-7-10-20/h5-12,22H,4,13-19,29H2,1-3H3,(H,30,36)/t22-/m1/s1. The zero-order chi connectivity index (χ0) is 29.4. The number of pyridine rings is 1. The Kier molecular flexibility index (Phi) is 9.73. The lowest BCUT2D eigenvalue weighted by molar-refractivity contribution is -0.126. The molecule has 3 heterocycles. The molecule has 4 rings (SSSR count). The van der Waals surface area contributed by atoms with E-state index in [4.69, 9.17) is 19.9 Å². The van der Waals surface area contributed by atoms with Crippen LogP contribution in [-0.4, -0.2) is 87.4 Å². The number of piperazine rings is 1. The minimum absolute atomic E-state index is 0.0623. The number of amides is 3. The fraction of sp³-hybridized carbons (Fsp3) is 0.464. The molecule has 1 atom stereocenters. The Balaban J connectivity index is 1.47. The van der Waals surface area contributed by atoms with Gasteiger partial charge in [0, 0.05) is 26.2 Å². The first-order valence-electron chi connectivity index (χ1n) is 13.5. The van der Waals surface area contributed by atoms with E-state index in [9.17, 15) is 14.4 Å². The van der Waals surface area contributed by atoms with Gasteiger partial charge < -0.3 is 35.1 Å². The van der Waals surface area contributed by atoms with Gasteiger partial charge in [0.1, 0.15) is 12.6 Å². The summed E-state index contributed by atoms with van der Waals surface area (Å²) in [6.07, 6.45) is -0.888. The number of benzene rings is 1. The molecule has 3 aromatic rings. The number of carbonyl (C=O) groups is 3. The zero-order valence-electron chi connectivity index (χ0n) is 23.6. The average molecular weight is 568 g/mol. The molecule has 1 saturated heterocycles. The third kappa shape index (κ3) is 7.70. The Hall–Kier alpha value is -4.23. The number of nitrogens with zero attached hydrogens (tertiary/aromatic N) is 5. The predicted octanol–water partition coefficient (Wildman–Crippen LogP) is 2.25. The molecule has 13 heteroatoms. The summed E-state index contributed by atoms with van der Waals surface area (Å²) < 4.78 is 18.4. The number of nitrogens with two attached hydrogens (primary N) is 1. The topological polar surface area (TPSA) is 154 Å². The summed E-state index contributed by atoms with van der Waals surface area (Å²) in [5.41, 5.74) is 7.03. The summed E-state index contributed by atoms with van der Waals surface area (Å²) in [6, 6.07) is 14.3. The zero-order valence-corrected chi connectivity index (χ0v) is 23.6. The summed E-state index contributed by atoms with van der Waals surface area (Å²) >= 11 is 0. The van der Waals surface area contributed by atoms with Gasteiger partial charge in [0.05, 0.1) is 31.1 Å². The molecular weight excluding hydrogens is 530 g/mol. The van der Waals surface area contributed by atoms with E-state index in [-0.39, 0.29) is 25.2 Å². The van der Waals surface area contributed by atoms with Gasteiger partial charge in [-0.3, -0.25) is 9.20 Å². The molecule has 1 aliphatic heterocycles. The molecule has 1 aliphatic rings. The van der Waals surface area contributed by atoms with Crippen LogP contribution in [0.3, 0.4) is 0 Å². The second kappa shape index (κ2) is 13.4. The van der Waals surface area contributed by atoms with Gasteiger partial charge in [-0.15, -0.1) is 10.2 Å². The third-order valence-corrected chi connectivity index (χ3v) is 6.54. The molecule has 41 heavy (non-hydrogen) atoms. The molecular formula is C28H37N7O6. The second-order valence-electron chi connectivity index (χ2n) is 10.2. The summed E-state index contributed by atoms with van der Waals surface area (Å²) in [4.78, 5) is 40.8. The molecule has 3 N–H and O–H groups in total. The van der Waals surface area contributed by atoms with Crippen molar-refractivity contribution >= 4 is 23.7 Å². The highest BCUT2D eigenvalue weighted by molar-refractivity contribution is 5.85. The quantitative estimate of drug-likeness (QED) is 0.375. The number of nitrogens with one attached hydrogen (secondary N) is 1. The minimum Gasteiger partial charge on any atom is -0.450 e. The monoisotopic (exact) mass is 567 g/mol. The van der Waals surface area contributed by atoms with Crippen LogP contribution < -0.4 is 11.1 Å². The Morgan fingerprint density at radius 1 is 0.927 bits per heavy atom. The van der Waals surface area contributed by atoms with Crippen LogP contribution >= 0.6 is 0 Å². The lowest BCUT2D eigenvalue weighted by atomic mass is 10.1. The third-order valence-electron chi connectivity index (χ3n) is 6.54. The fourth-order valence-electron chi connectivity index (χ4n) is 4.28. The van der Waals surface area contributed by atoms with Crippen molar-refractivity contribution in [2.75, 3.05) is 39.4 Å². The van der Waals surface area contributed by atoms with Crippen LogP contribution in [0.5, 0.6) is 0 Å². The summed E-state index contributed by atoms with van der Waals surface area (Å²) in [5.74, 6) is 0.0359. The summed E-state index contributed by atoms with van der Waals surface area (Å²) in [6.45, 7) is 7.05. The molecule has 3 amide bonds. The van der Waals surface area contributed by atoms with E-state index < -0.39 is 17.7 Å². The molecule has 0 radical (unpaired) electrons. The van der Waals surface area contributed by atoms with Crippen molar-refractivity contribution in [2.45, 2.75) is 45.6 Å². The van der Waals surface area contributed by atoms with E-state index in [1.165, 1.54) is 0 Å². The van der Waals surface area contributed by atoms with Crippen molar-refractivity contribution in [3.8, 4) is 0 Å². The van der Waals surface area contributed by atoms with Crippen LogP contribution in [-0.2, 0) is 32.2 Å². The van der Waals surface area contributed by atoms with E-state index in [2.05, 4.69) is 15.5 Å². The smallest absolute Gasteiger partial charge is 0.410 e.